The Morgan fingerprint density at radius 3 is 2.46 bits per heavy atom. The molecule has 1 fully saturated rings. The molecule has 1 aliphatic rings. The van der Waals surface area contributed by atoms with Crippen molar-refractivity contribution in [3.05, 3.63) is 27.8 Å². The van der Waals surface area contributed by atoms with Crippen molar-refractivity contribution in [1.29, 1.82) is 0 Å². The van der Waals surface area contributed by atoms with Gasteiger partial charge < -0.3 is 24.6 Å². The van der Waals surface area contributed by atoms with Crippen molar-refractivity contribution in [3.8, 4) is 11.5 Å². The Morgan fingerprint density at radius 1 is 1.33 bits per heavy atom. The molecule has 1 heterocycles. The number of ether oxygens (including phenoxy) is 3. The fraction of sp³-hybridized carbons (Fsp3) is 0.533. The third kappa shape index (κ3) is 3.92. The lowest BCUT2D eigenvalue weighted by Crippen LogP contribution is -2.46. The summed E-state index contributed by atoms with van der Waals surface area (Å²) < 4.78 is 15.3. The maximum Gasteiger partial charge on any atom is 0.286 e. The van der Waals surface area contributed by atoms with E-state index in [2.05, 4.69) is 5.32 Å². The summed E-state index contributed by atoms with van der Waals surface area (Å²) in [6.45, 7) is 0.798. The van der Waals surface area contributed by atoms with Crippen LogP contribution in [0.1, 0.15) is 23.2 Å². The Hall–Kier alpha value is -2.39. The van der Waals surface area contributed by atoms with Gasteiger partial charge in [0.05, 0.1) is 30.8 Å². The Balaban J connectivity index is 2.22. The van der Waals surface area contributed by atoms with Crippen molar-refractivity contribution >= 4 is 11.6 Å². The number of rotatable bonds is 6. The smallest absolute Gasteiger partial charge is 0.286 e. The number of methoxy groups -OCH3 is 2. The van der Waals surface area contributed by atoms with Crippen molar-refractivity contribution in [2.45, 2.75) is 18.4 Å². The topological polar surface area (TPSA) is 120 Å². The summed E-state index contributed by atoms with van der Waals surface area (Å²) in [5.41, 5.74) is -1.63. The van der Waals surface area contributed by atoms with E-state index in [0.29, 0.717) is 26.1 Å². The fourth-order valence-corrected chi connectivity index (χ4v) is 2.47. The molecule has 0 saturated carbocycles. The van der Waals surface area contributed by atoms with Gasteiger partial charge in [-0.25, -0.2) is 0 Å². The quantitative estimate of drug-likeness (QED) is 0.582. The molecule has 24 heavy (non-hydrogen) atoms. The number of nitrogens with zero attached hydrogens (tertiary/aromatic N) is 1. The van der Waals surface area contributed by atoms with Crippen molar-refractivity contribution in [2.24, 2.45) is 0 Å². The van der Waals surface area contributed by atoms with E-state index in [0.717, 1.165) is 6.07 Å². The second kappa shape index (κ2) is 7.45. The molecular weight excluding hydrogens is 320 g/mol. The van der Waals surface area contributed by atoms with Gasteiger partial charge in [0.15, 0.2) is 11.5 Å². The molecule has 1 aromatic rings. The third-order valence-electron chi connectivity index (χ3n) is 3.94. The van der Waals surface area contributed by atoms with Gasteiger partial charge in [-0.2, -0.15) is 0 Å². The number of amides is 1. The lowest BCUT2D eigenvalue weighted by Gasteiger charge is -2.32. The van der Waals surface area contributed by atoms with Gasteiger partial charge in [-0.05, 0) is 0 Å². The zero-order valence-corrected chi connectivity index (χ0v) is 13.5. The number of hydrogen-bond donors (Lipinski definition) is 2. The van der Waals surface area contributed by atoms with E-state index in [1.54, 1.807) is 0 Å². The number of aliphatic hydroxyl groups is 1. The lowest BCUT2D eigenvalue weighted by atomic mass is 9.94. The number of carbonyl (C=O) groups excluding carboxylic acids is 1. The Morgan fingerprint density at radius 2 is 1.92 bits per heavy atom. The van der Waals surface area contributed by atoms with E-state index in [4.69, 9.17) is 14.2 Å². The molecular formula is C15H20N2O7. The molecule has 0 bridgehead atoms. The van der Waals surface area contributed by atoms with Crippen LogP contribution >= 0.6 is 0 Å². The van der Waals surface area contributed by atoms with Gasteiger partial charge in [0, 0.05) is 38.7 Å². The van der Waals surface area contributed by atoms with Crippen LogP contribution in [-0.4, -0.2) is 55.5 Å². The van der Waals surface area contributed by atoms with Crippen LogP contribution in [0.15, 0.2) is 12.1 Å². The summed E-state index contributed by atoms with van der Waals surface area (Å²) in [5.74, 6) is -0.301. The molecule has 9 nitrogen and oxygen atoms in total. The molecule has 1 amide bonds. The van der Waals surface area contributed by atoms with Crippen LogP contribution in [0.3, 0.4) is 0 Å². The summed E-state index contributed by atoms with van der Waals surface area (Å²) in [7, 11) is 2.72. The van der Waals surface area contributed by atoms with E-state index in [9.17, 15) is 20.0 Å². The van der Waals surface area contributed by atoms with Crippen LogP contribution < -0.4 is 14.8 Å². The lowest BCUT2D eigenvalue weighted by molar-refractivity contribution is -0.385. The molecule has 1 saturated heterocycles. The van der Waals surface area contributed by atoms with Crippen LogP contribution in [0.25, 0.3) is 0 Å². The molecule has 0 unspecified atom stereocenters. The minimum absolute atomic E-state index is 0.0132. The molecule has 132 valence electrons. The van der Waals surface area contributed by atoms with Gasteiger partial charge in [-0.15, -0.1) is 0 Å². The van der Waals surface area contributed by atoms with Crippen LogP contribution in [-0.2, 0) is 4.74 Å². The number of nitrogens with one attached hydrogen (secondary N) is 1. The third-order valence-corrected chi connectivity index (χ3v) is 3.94. The zero-order valence-electron chi connectivity index (χ0n) is 13.5. The molecule has 2 N–H and O–H groups in total. The van der Waals surface area contributed by atoms with Gasteiger partial charge in [0.25, 0.3) is 11.6 Å². The van der Waals surface area contributed by atoms with Gasteiger partial charge in [-0.1, -0.05) is 0 Å². The average Bonchev–Trinajstić information content (AvgIpc) is 2.59. The van der Waals surface area contributed by atoms with Gasteiger partial charge in [-0.3, -0.25) is 14.9 Å². The number of carbonyl (C=O) groups is 1. The molecule has 0 aliphatic carbocycles. The molecule has 0 atom stereocenters. The summed E-state index contributed by atoms with van der Waals surface area (Å²) >= 11 is 0. The van der Waals surface area contributed by atoms with Crippen molar-refractivity contribution < 1.29 is 29.0 Å². The normalized spacial score (nSPS) is 16.3. The molecule has 1 aromatic carbocycles. The predicted octanol–water partition coefficient (Wildman–Crippen LogP) is 0.883. The van der Waals surface area contributed by atoms with E-state index < -0.39 is 22.1 Å². The first kappa shape index (κ1) is 18.0. The summed E-state index contributed by atoms with van der Waals surface area (Å²) in [6.07, 6.45) is 0.780. The summed E-state index contributed by atoms with van der Waals surface area (Å²) in [4.78, 5) is 22.9. The van der Waals surface area contributed by atoms with Crippen LogP contribution in [0.4, 0.5) is 5.69 Å². The predicted molar refractivity (Wildman–Crippen MR) is 83.5 cm³/mol. The minimum atomic E-state index is -1.07. The summed E-state index contributed by atoms with van der Waals surface area (Å²) in [5, 5.41) is 24.1. The van der Waals surface area contributed by atoms with Gasteiger partial charge in [0.1, 0.15) is 5.56 Å². The maximum absolute atomic E-state index is 12.4. The van der Waals surface area contributed by atoms with E-state index >= 15 is 0 Å². The van der Waals surface area contributed by atoms with Gasteiger partial charge >= 0.3 is 0 Å². The molecule has 9 heteroatoms. The first-order valence-electron chi connectivity index (χ1n) is 7.39. The van der Waals surface area contributed by atoms with Crippen LogP contribution in [0.5, 0.6) is 11.5 Å². The van der Waals surface area contributed by atoms with Crippen molar-refractivity contribution in [2.75, 3.05) is 34.0 Å². The van der Waals surface area contributed by atoms with E-state index in [1.165, 1.54) is 20.3 Å². The Kier molecular flexibility index (Phi) is 5.58. The zero-order chi connectivity index (χ0) is 17.7. The van der Waals surface area contributed by atoms with E-state index in [1.807, 2.05) is 0 Å². The van der Waals surface area contributed by atoms with Crippen LogP contribution in [0.2, 0.25) is 0 Å². The number of benzene rings is 1. The Bertz CT molecular complexity index is 626. The number of nitro groups is 1. The number of hydrogen-bond acceptors (Lipinski definition) is 7. The highest BCUT2D eigenvalue weighted by Gasteiger charge is 2.31. The first-order chi connectivity index (χ1) is 11.4. The highest BCUT2D eigenvalue weighted by molar-refractivity contribution is 5.99. The number of nitro benzene ring substituents is 1. The molecule has 0 spiro atoms. The highest BCUT2D eigenvalue weighted by atomic mass is 16.6. The molecule has 1 aliphatic heterocycles. The minimum Gasteiger partial charge on any atom is -0.493 e. The van der Waals surface area contributed by atoms with Crippen molar-refractivity contribution in [1.82, 2.24) is 5.32 Å². The molecule has 0 aromatic heterocycles. The average molecular weight is 340 g/mol. The second-order valence-electron chi connectivity index (χ2n) is 5.50. The van der Waals surface area contributed by atoms with Crippen molar-refractivity contribution in [3.63, 3.8) is 0 Å². The Labute approximate surface area is 138 Å². The standard InChI is InChI=1S/C15H20N2O7/c1-22-12-7-10(11(17(20)21)8-13(12)23-2)14(18)16-9-15(19)3-5-24-6-4-15/h7-8,19H,3-6,9H2,1-2H3,(H,16,18). The molecule has 2 rings (SSSR count). The second-order valence-corrected chi connectivity index (χ2v) is 5.50. The largest absolute Gasteiger partial charge is 0.493 e. The highest BCUT2D eigenvalue weighted by Crippen LogP contribution is 2.34. The maximum atomic E-state index is 12.4. The van der Waals surface area contributed by atoms with Gasteiger partial charge in [0.2, 0.25) is 0 Å². The van der Waals surface area contributed by atoms with E-state index in [-0.39, 0.29) is 23.6 Å². The van der Waals surface area contributed by atoms with Crippen LogP contribution in [0, 0.1) is 10.1 Å². The first-order valence-corrected chi connectivity index (χ1v) is 7.39. The SMILES string of the molecule is COc1cc(C(=O)NCC2(O)CCOCC2)c([N+](=O)[O-])cc1OC. The monoisotopic (exact) mass is 340 g/mol. The molecule has 0 radical (unpaired) electrons. The fourth-order valence-electron chi connectivity index (χ4n) is 2.47. The summed E-state index contributed by atoms with van der Waals surface area (Å²) in [6, 6.07) is 2.39.